The zero-order valence-electron chi connectivity index (χ0n) is 19.9. The quantitative estimate of drug-likeness (QED) is 0.324. The highest BCUT2D eigenvalue weighted by Crippen LogP contribution is 2.38. The largest absolute Gasteiger partial charge is 0.331 e. The van der Waals surface area contributed by atoms with E-state index in [4.69, 9.17) is 23.2 Å². The van der Waals surface area contributed by atoms with E-state index >= 15 is 0 Å². The Morgan fingerprint density at radius 1 is 1.11 bits per heavy atom. The molecule has 2 heterocycles. The summed E-state index contributed by atoms with van der Waals surface area (Å²) in [6.07, 6.45) is 7.93. The molecule has 0 spiro atoms. The van der Waals surface area contributed by atoms with Gasteiger partial charge in [-0.3, -0.25) is 14.6 Å². The number of rotatable bonds is 6. The number of hydrogen-bond donors (Lipinski definition) is 1. The van der Waals surface area contributed by atoms with E-state index in [1.807, 2.05) is 24.3 Å². The van der Waals surface area contributed by atoms with Gasteiger partial charge in [-0.2, -0.15) is 0 Å². The van der Waals surface area contributed by atoms with Crippen LogP contribution in [0.2, 0.25) is 10.0 Å². The first-order valence-electron chi connectivity index (χ1n) is 12.0. The van der Waals surface area contributed by atoms with Gasteiger partial charge in [0.1, 0.15) is 5.69 Å². The molecule has 0 unspecified atom stereocenters. The van der Waals surface area contributed by atoms with Gasteiger partial charge in [-0.05, 0) is 37.1 Å². The summed E-state index contributed by atoms with van der Waals surface area (Å²) in [6, 6.07) is 12.6. The number of fused-ring (bicyclic) bond motifs is 2. The molecule has 192 valence electrons. The number of carbonyl (C=O) groups excluding carboxylic acids is 2. The molecule has 2 aliphatic carbocycles. The van der Waals surface area contributed by atoms with Gasteiger partial charge in [0, 0.05) is 50.6 Å². The van der Waals surface area contributed by atoms with Crippen molar-refractivity contribution < 1.29 is 18.0 Å². The van der Waals surface area contributed by atoms with Crippen LogP contribution in [0.3, 0.4) is 0 Å². The zero-order chi connectivity index (χ0) is 26.6. The van der Waals surface area contributed by atoms with Crippen molar-refractivity contribution in [3.8, 4) is 0 Å². The van der Waals surface area contributed by atoms with Crippen molar-refractivity contribution >= 4 is 72.3 Å². The molecule has 1 N–H and O–H groups in total. The Balaban J connectivity index is 1.60. The van der Waals surface area contributed by atoms with Crippen molar-refractivity contribution in [2.24, 2.45) is 0 Å². The van der Waals surface area contributed by atoms with Crippen LogP contribution in [0.25, 0.3) is 27.4 Å². The summed E-state index contributed by atoms with van der Waals surface area (Å²) in [5.41, 5.74) is 2.66. The molecule has 0 bridgehead atoms. The van der Waals surface area contributed by atoms with E-state index in [0.717, 1.165) is 10.9 Å². The first kappa shape index (κ1) is 24.9. The molecule has 6 rings (SSSR count). The summed E-state index contributed by atoms with van der Waals surface area (Å²) in [5.74, 6) is -0.997. The molecule has 0 saturated heterocycles. The highest BCUT2D eigenvalue weighted by molar-refractivity contribution is 7.91. The minimum Gasteiger partial charge on any atom is -0.331 e. The second-order valence-corrected chi connectivity index (χ2v) is 12.2. The molecule has 1 fully saturated rings. The van der Waals surface area contributed by atoms with Crippen LogP contribution in [0, 0.1) is 0 Å². The third-order valence-electron chi connectivity index (χ3n) is 6.82. The fourth-order valence-electron chi connectivity index (χ4n) is 4.83. The fraction of sp³-hybridized carbons (Fsp3) is 0.179. The number of hydrogen-bond acceptors (Lipinski definition) is 5. The number of allylic oxidation sites excluding steroid dienone is 4. The van der Waals surface area contributed by atoms with Crippen molar-refractivity contribution in [3.63, 3.8) is 0 Å². The maximum absolute atomic E-state index is 13.8. The first-order chi connectivity index (χ1) is 18.2. The van der Waals surface area contributed by atoms with Crippen LogP contribution >= 0.6 is 23.2 Å². The molecule has 38 heavy (non-hydrogen) atoms. The molecule has 10 heteroatoms. The molecule has 2 aromatic carbocycles. The van der Waals surface area contributed by atoms with Crippen LogP contribution in [-0.4, -0.2) is 34.9 Å². The van der Waals surface area contributed by atoms with E-state index in [-0.39, 0.29) is 24.4 Å². The van der Waals surface area contributed by atoms with Gasteiger partial charge in [-0.15, -0.1) is 0 Å². The lowest BCUT2D eigenvalue weighted by Gasteiger charge is -2.15. The van der Waals surface area contributed by atoms with Gasteiger partial charge in [0.2, 0.25) is 10.0 Å². The SMILES string of the molecule is O=C1CC=CC=C1c1c(C(=O)NS(=O)(=O)C2CC2)n(Cc2cnc3ccccc3c2Cl)c2ccc(Cl)cc12. The van der Waals surface area contributed by atoms with Gasteiger partial charge in [0.05, 0.1) is 22.3 Å². The van der Waals surface area contributed by atoms with Crippen molar-refractivity contribution in [1.29, 1.82) is 0 Å². The lowest BCUT2D eigenvalue weighted by Crippen LogP contribution is -2.35. The smallest absolute Gasteiger partial charge is 0.282 e. The molecular formula is C28H21Cl2N3O4S. The molecule has 0 aliphatic heterocycles. The fourth-order valence-corrected chi connectivity index (χ4v) is 6.55. The summed E-state index contributed by atoms with van der Waals surface area (Å²) in [4.78, 5) is 31.3. The Labute approximate surface area is 228 Å². The Morgan fingerprint density at radius 3 is 2.66 bits per heavy atom. The number of sulfonamides is 1. The Morgan fingerprint density at radius 2 is 1.89 bits per heavy atom. The Hall–Kier alpha value is -3.46. The number of aromatic nitrogens is 2. The molecule has 2 aromatic heterocycles. The number of benzene rings is 2. The van der Waals surface area contributed by atoms with Gasteiger partial charge in [0.15, 0.2) is 5.78 Å². The maximum Gasteiger partial charge on any atom is 0.282 e. The van der Waals surface area contributed by atoms with Crippen LogP contribution < -0.4 is 4.72 Å². The molecule has 1 saturated carbocycles. The average Bonchev–Trinajstić information content (AvgIpc) is 3.71. The Kier molecular flexibility index (Phi) is 6.13. The maximum atomic E-state index is 13.8. The Bertz CT molecular complexity index is 1840. The monoisotopic (exact) mass is 565 g/mol. The van der Waals surface area contributed by atoms with Gasteiger partial charge in [0.25, 0.3) is 5.91 Å². The summed E-state index contributed by atoms with van der Waals surface area (Å²) in [7, 11) is -3.86. The standard InChI is InChI=1S/C28H21Cl2N3O4S/c29-17-9-12-23-21(13-17)25(20-6-2-4-8-24(20)34)27(28(35)32-38(36,37)18-10-11-18)33(23)15-16-14-31-22-7-3-1-5-19(22)26(16)30/h1-7,9,12-14,18H,8,10-11,15H2,(H,32,35). The van der Waals surface area contributed by atoms with Gasteiger partial charge in [-0.25, -0.2) is 13.1 Å². The second kappa shape index (κ2) is 9.38. The molecule has 0 radical (unpaired) electrons. The second-order valence-electron chi connectivity index (χ2n) is 9.40. The highest BCUT2D eigenvalue weighted by Gasteiger charge is 2.38. The highest BCUT2D eigenvalue weighted by atomic mass is 35.5. The number of Topliss-reactive ketones (excluding diaryl/α,β-unsaturated/α-hetero) is 1. The van der Waals surface area contributed by atoms with Gasteiger partial charge in [-0.1, -0.05) is 59.6 Å². The lowest BCUT2D eigenvalue weighted by atomic mass is 9.93. The number of halogens is 2. The van der Waals surface area contributed by atoms with E-state index in [2.05, 4.69) is 9.71 Å². The number of amides is 1. The normalized spacial score (nSPS) is 15.7. The number of nitrogens with zero attached hydrogens (tertiary/aromatic N) is 2. The van der Waals surface area contributed by atoms with E-state index in [0.29, 0.717) is 50.5 Å². The van der Waals surface area contributed by atoms with Gasteiger partial charge < -0.3 is 4.57 Å². The molecular weight excluding hydrogens is 545 g/mol. The van der Waals surface area contributed by atoms with E-state index < -0.39 is 21.2 Å². The minimum absolute atomic E-state index is 0.0469. The minimum atomic E-state index is -3.86. The third-order valence-corrected chi connectivity index (χ3v) is 9.32. The first-order valence-corrected chi connectivity index (χ1v) is 14.3. The predicted octanol–water partition coefficient (Wildman–Crippen LogP) is 5.68. The molecule has 1 amide bonds. The van der Waals surface area contributed by atoms with E-state index in [1.54, 1.807) is 47.2 Å². The van der Waals surface area contributed by atoms with Crippen LogP contribution in [0.4, 0.5) is 0 Å². The number of nitrogens with one attached hydrogen (secondary N) is 1. The van der Waals surface area contributed by atoms with Crippen molar-refractivity contribution in [2.45, 2.75) is 31.1 Å². The van der Waals surface area contributed by atoms with Crippen LogP contribution in [-0.2, 0) is 21.4 Å². The van der Waals surface area contributed by atoms with Crippen molar-refractivity contribution in [2.75, 3.05) is 0 Å². The van der Waals surface area contributed by atoms with Crippen molar-refractivity contribution in [1.82, 2.24) is 14.3 Å². The summed E-state index contributed by atoms with van der Waals surface area (Å²) >= 11 is 13.1. The average molecular weight is 566 g/mol. The van der Waals surface area contributed by atoms with Crippen LogP contribution in [0.5, 0.6) is 0 Å². The van der Waals surface area contributed by atoms with Crippen LogP contribution in [0.15, 0.2) is 66.9 Å². The van der Waals surface area contributed by atoms with Gasteiger partial charge >= 0.3 is 0 Å². The van der Waals surface area contributed by atoms with Crippen molar-refractivity contribution in [3.05, 3.63) is 93.8 Å². The van der Waals surface area contributed by atoms with E-state index in [9.17, 15) is 18.0 Å². The van der Waals surface area contributed by atoms with Crippen LogP contribution in [0.1, 0.15) is 40.9 Å². The number of carbonyl (C=O) groups is 2. The topological polar surface area (TPSA) is 98.1 Å². The molecule has 4 aromatic rings. The predicted molar refractivity (Wildman–Crippen MR) is 149 cm³/mol. The number of pyridine rings is 1. The molecule has 2 aliphatic rings. The lowest BCUT2D eigenvalue weighted by molar-refractivity contribution is -0.113. The third kappa shape index (κ3) is 4.32. The molecule has 0 atom stereocenters. The van der Waals surface area contributed by atoms with E-state index in [1.165, 1.54) is 0 Å². The zero-order valence-corrected chi connectivity index (χ0v) is 22.3. The number of ketones is 1. The number of para-hydroxylation sites is 1. The summed E-state index contributed by atoms with van der Waals surface area (Å²) < 4.78 is 29.5. The molecule has 7 nitrogen and oxygen atoms in total. The summed E-state index contributed by atoms with van der Waals surface area (Å²) in [6.45, 7) is 0.109. The summed E-state index contributed by atoms with van der Waals surface area (Å²) in [5, 5.41) is 1.61.